The van der Waals surface area contributed by atoms with Crippen LogP contribution in [0.15, 0.2) is 11.2 Å². The number of aryl methyl sites for hydroxylation is 2. The van der Waals surface area contributed by atoms with Crippen LogP contribution >= 0.6 is 0 Å². The van der Waals surface area contributed by atoms with Gasteiger partial charge in [-0.1, -0.05) is 20.8 Å². The molecule has 3 aliphatic rings. The molecule has 162 valence electrons. The van der Waals surface area contributed by atoms with Crippen molar-refractivity contribution in [1.82, 2.24) is 19.2 Å². The lowest BCUT2D eigenvalue weighted by Crippen LogP contribution is -2.50. The Morgan fingerprint density at radius 3 is 2.34 bits per heavy atom. The number of rotatable bonds is 4. The Balaban J connectivity index is 1.37. The zero-order valence-corrected chi connectivity index (χ0v) is 19.1. The van der Waals surface area contributed by atoms with Gasteiger partial charge in [-0.05, 0) is 55.8 Å². The van der Waals surface area contributed by atoms with E-state index in [-0.39, 0.29) is 33.7 Å². The summed E-state index contributed by atoms with van der Waals surface area (Å²) in [6.45, 7) is 9.54. The monoisotopic (exact) mass is 422 g/mol. The Morgan fingerprint density at radius 1 is 1.21 bits per heavy atom. The second kappa shape index (κ2) is 6.80. The summed E-state index contributed by atoms with van der Waals surface area (Å²) in [4.78, 5) is 17.1. The van der Waals surface area contributed by atoms with Crippen LogP contribution in [0.3, 0.4) is 0 Å². The topological polar surface area (TPSA) is 84.3 Å². The van der Waals surface area contributed by atoms with Crippen molar-refractivity contribution in [3.8, 4) is 0 Å². The number of carbonyl (C=O) groups excluding carboxylic acids is 1. The SMILES string of the molecule is Cc1nc(S(=O)(=O)N2CCC(C(=O)NC3CC4CCC3(C)C4(C)C)CC2)cn1C. The summed E-state index contributed by atoms with van der Waals surface area (Å²) in [7, 11) is -1.81. The lowest BCUT2D eigenvalue weighted by atomic mass is 9.69. The summed E-state index contributed by atoms with van der Waals surface area (Å²) in [6.07, 6.45) is 6.19. The van der Waals surface area contributed by atoms with Gasteiger partial charge in [0, 0.05) is 38.3 Å². The minimum atomic E-state index is -3.60. The second-order valence-corrected chi connectivity index (χ2v) is 12.0. The van der Waals surface area contributed by atoms with Crippen LogP contribution in [0.4, 0.5) is 0 Å². The summed E-state index contributed by atoms with van der Waals surface area (Å²) in [6, 6.07) is 0.238. The van der Waals surface area contributed by atoms with E-state index >= 15 is 0 Å². The van der Waals surface area contributed by atoms with Crippen molar-refractivity contribution in [2.45, 2.75) is 70.9 Å². The highest BCUT2D eigenvalue weighted by molar-refractivity contribution is 7.89. The maximum atomic E-state index is 13.0. The number of nitrogens with one attached hydrogen (secondary N) is 1. The number of hydrogen-bond donors (Lipinski definition) is 1. The van der Waals surface area contributed by atoms with Gasteiger partial charge in [-0.3, -0.25) is 4.79 Å². The van der Waals surface area contributed by atoms with Gasteiger partial charge >= 0.3 is 0 Å². The number of sulfonamides is 1. The van der Waals surface area contributed by atoms with Crippen molar-refractivity contribution < 1.29 is 13.2 Å². The summed E-state index contributed by atoms with van der Waals surface area (Å²) < 4.78 is 28.9. The molecule has 1 aliphatic heterocycles. The molecule has 3 fully saturated rings. The summed E-state index contributed by atoms with van der Waals surface area (Å²) in [5.74, 6) is 1.34. The van der Waals surface area contributed by atoms with Crippen molar-refractivity contribution in [3.63, 3.8) is 0 Å². The first-order valence-corrected chi connectivity index (χ1v) is 12.2. The van der Waals surface area contributed by atoms with Crippen molar-refractivity contribution in [2.24, 2.45) is 29.7 Å². The van der Waals surface area contributed by atoms with Crippen LogP contribution in [0.5, 0.6) is 0 Å². The van der Waals surface area contributed by atoms with Crippen LogP contribution in [0.2, 0.25) is 0 Å². The predicted octanol–water partition coefficient (Wildman–Crippen LogP) is 2.46. The number of carbonyl (C=O) groups is 1. The Morgan fingerprint density at radius 2 is 1.86 bits per heavy atom. The quantitative estimate of drug-likeness (QED) is 0.808. The van der Waals surface area contributed by atoms with Crippen molar-refractivity contribution in [2.75, 3.05) is 13.1 Å². The minimum absolute atomic E-state index is 0.0949. The van der Waals surface area contributed by atoms with Gasteiger partial charge in [0.15, 0.2) is 5.03 Å². The molecule has 1 amide bonds. The average molecular weight is 423 g/mol. The van der Waals surface area contributed by atoms with Crippen molar-refractivity contribution in [1.29, 1.82) is 0 Å². The molecule has 3 unspecified atom stereocenters. The lowest BCUT2D eigenvalue weighted by molar-refractivity contribution is -0.127. The molecule has 8 heteroatoms. The number of hydrogen-bond acceptors (Lipinski definition) is 4. The van der Waals surface area contributed by atoms with Gasteiger partial charge in [-0.15, -0.1) is 0 Å². The highest BCUT2D eigenvalue weighted by atomic mass is 32.2. The van der Waals surface area contributed by atoms with Gasteiger partial charge in [-0.25, -0.2) is 13.4 Å². The molecule has 2 saturated carbocycles. The Labute approximate surface area is 174 Å². The molecule has 3 atom stereocenters. The summed E-state index contributed by atoms with van der Waals surface area (Å²) in [5.41, 5.74) is 0.428. The van der Waals surface area contributed by atoms with E-state index in [0.717, 1.165) is 6.42 Å². The van der Waals surface area contributed by atoms with Crippen LogP contribution in [0.25, 0.3) is 0 Å². The molecule has 2 heterocycles. The molecule has 0 aromatic carbocycles. The Hall–Kier alpha value is -1.41. The predicted molar refractivity (Wildman–Crippen MR) is 111 cm³/mol. The van der Waals surface area contributed by atoms with E-state index in [9.17, 15) is 13.2 Å². The molecule has 0 radical (unpaired) electrons. The number of imidazole rings is 1. The fourth-order valence-electron chi connectivity index (χ4n) is 5.85. The number of fused-ring (bicyclic) bond motifs is 2. The van der Waals surface area contributed by atoms with E-state index in [4.69, 9.17) is 0 Å². The molecule has 1 N–H and O–H groups in total. The van der Waals surface area contributed by atoms with Crippen LogP contribution in [-0.4, -0.2) is 47.3 Å². The minimum Gasteiger partial charge on any atom is -0.353 e. The Kier molecular flexibility index (Phi) is 4.89. The molecule has 7 nitrogen and oxygen atoms in total. The molecule has 1 aromatic rings. The van der Waals surface area contributed by atoms with E-state index in [1.165, 1.54) is 17.1 Å². The zero-order chi connectivity index (χ0) is 21.2. The van der Waals surface area contributed by atoms with Crippen molar-refractivity contribution >= 4 is 15.9 Å². The van der Waals surface area contributed by atoms with E-state index in [2.05, 4.69) is 31.1 Å². The van der Waals surface area contributed by atoms with Gasteiger partial charge in [0.25, 0.3) is 10.0 Å². The Bertz CT molecular complexity index is 895. The maximum Gasteiger partial charge on any atom is 0.262 e. The molecule has 0 spiro atoms. The lowest BCUT2D eigenvalue weighted by Gasteiger charge is -2.40. The van der Waals surface area contributed by atoms with Crippen LogP contribution in [0, 0.1) is 29.6 Å². The standard InChI is InChI=1S/C21H34N4O3S/c1-14-22-18(13-24(14)5)29(27,28)25-10-7-15(8-11-25)19(26)23-17-12-16-6-9-21(17,4)20(16,2)3/h13,15-17H,6-12H2,1-5H3,(H,23,26). The fraction of sp³-hybridized carbons (Fsp3) is 0.810. The summed E-state index contributed by atoms with van der Waals surface area (Å²) in [5, 5.41) is 3.44. The van der Waals surface area contributed by atoms with Gasteiger partial charge in [0.05, 0.1) is 0 Å². The molecular formula is C21H34N4O3S. The van der Waals surface area contributed by atoms with Gasteiger partial charge in [0.1, 0.15) is 5.82 Å². The molecule has 2 bridgehead atoms. The van der Waals surface area contributed by atoms with E-state index in [1.807, 2.05) is 0 Å². The average Bonchev–Trinajstić information content (AvgIpc) is 3.19. The van der Waals surface area contributed by atoms with E-state index < -0.39 is 10.0 Å². The molecule has 1 saturated heterocycles. The number of aromatic nitrogens is 2. The van der Waals surface area contributed by atoms with Crippen molar-refractivity contribution in [3.05, 3.63) is 12.0 Å². The molecule has 1 aromatic heterocycles. The highest BCUT2D eigenvalue weighted by Gasteiger charge is 2.61. The third-order valence-electron chi connectivity index (χ3n) is 8.63. The van der Waals surface area contributed by atoms with Crippen LogP contribution in [0.1, 0.15) is 58.7 Å². The smallest absolute Gasteiger partial charge is 0.262 e. The van der Waals surface area contributed by atoms with Crippen LogP contribution in [-0.2, 0) is 21.9 Å². The third kappa shape index (κ3) is 3.14. The van der Waals surface area contributed by atoms with E-state index in [0.29, 0.717) is 37.7 Å². The number of piperidine rings is 1. The van der Waals surface area contributed by atoms with E-state index in [1.54, 1.807) is 24.7 Å². The van der Waals surface area contributed by atoms with Crippen LogP contribution < -0.4 is 5.32 Å². The first-order valence-electron chi connectivity index (χ1n) is 10.8. The number of amides is 1. The molecule has 2 aliphatic carbocycles. The fourth-order valence-corrected chi connectivity index (χ4v) is 7.35. The molecular weight excluding hydrogens is 388 g/mol. The normalized spacial score (nSPS) is 32.6. The first-order chi connectivity index (χ1) is 13.5. The third-order valence-corrected chi connectivity index (χ3v) is 10.4. The largest absolute Gasteiger partial charge is 0.353 e. The number of nitrogens with zero attached hydrogens (tertiary/aromatic N) is 3. The van der Waals surface area contributed by atoms with Gasteiger partial charge < -0.3 is 9.88 Å². The zero-order valence-electron chi connectivity index (χ0n) is 18.2. The molecule has 29 heavy (non-hydrogen) atoms. The highest BCUT2D eigenvalue weighted by Crippen LogP contribution is 2.65. The first kappa shape index (κ1) is 20.8. The molecule has 4 rings (SSSR count). The van der Waals surface area contributed by atoms with Gasteiger partial charge in [0.2, 0.25) is 5.91 Å². The maximum absolute atomic E-state index is 13.0. The summed E-state index contributed by atoms with van der Waals surface area (Å²) >= 11 is 0. The second-order valence-electron chi connectivity index (χ2n) is 10.1. The van der Waals surface area contributed by atoms with Gasteiger partial charge in [-0.2, -0.15) is 4.31 Å².